The van der Waals surface area contributed by atoms with E-state index in [1.165, 1.54) is 30.3 Å². The molecule has 2 unspecified atom stereocenters. The summed E-state index contributed by atoms with van der Waals surface area (Å²) in [6.45, 7) is -1.20. The van der Waals surface area contributed by atoms with Crippen LogP contribution < -0.4 is 14.8 Å². The highest BCUT2D eigenvalue weighted by molar-refractivity contribution is 5.42. The predicted molar refractivity (Wildman–Crippen MR) is 113 cm³/mol. The number of nitrogens with one attached hydrogen (secondary N) is 1. The van der Waals surface area contributed by atoms with Gasteiger partial charge < -0.3 is 19.9 Å². The number of rotatable bonds is 8. The van der Waals surface area contributed by atoms with E-state index in [1.807, 2.05) is 0 Å². The number of aliphatic hydroxyl groups excluding tert-OH is 1. The third-order valence-electron chi connectivity index (χ3n) is 4.99. The molecule has 0 aliphatic rings. The maximum absolute atomic E-state index is 14.6. The molecule has 0 radical (unpaired) electrons. The number of halogens is 10. The molecule has 0 spiro atoms. The van der Waals surface area contributed by atoms with Crippen LogP contribution in [0.2, 0.25) is 0 Å². The average Bonchev–Trinajstić information content (AvgIpc) is 2.78. The standard InChI is InChI=1S/C24H17F10NO3/c25-19-8-7-14(22(26,27)28)10-18(19)21(35-12-20(36)23(29,30)31)13-3-1-4-15(9-13)37-16-5-2-6-17(11-16)38-24(32,33)34/h1-11,20-21,35-36H,12H2. The first kappa shape index (κ1) is 29.0. The summed E-state index contributed by atoms with van der Waals surface area (Å²) < 4.78 is 140. The summed E-state index contributed by atoms with van der Waals surface area (Å²) in [4.78, 5) is 0. The number of ether oxygens (including phenoxy) is 2. The van der Waals surface area contributed by atoms with Crippen LogP contribution in [0.3, 0.4) is 0 Å². The van der Waals surface area contributed by atoms with Gasteiger partial charge in [0.1, 0.15) is 23.1 Å². The van der Waals surface area contributed by atoms with Crippen LogP contribution in [0.15, 0.2) is 66.7 Å². The van der Waals surface area contributed by atoms with Crippen LogP contribution in [0, 0.1) is 5.82 Å². The largest absolute Gasteiger partial charge is 0.573 e. The zero-order valence-corrected chi connectivity index (χ0v) is 18.8. The zero-order valence-electron chi connectivity index (χ0n) is 18.8. The van der Waals surface area contributed by atoms with Gasteiger partial charge in [-0.25, -0.2) is 4.39 Å². The van der Waals surface area contributed by atoms with Gasteiger partial charge in [-0.3, -0.25) is 0 Å². The van der Waals surface area contributed by atoms with Crippen molar-refractivity contribution in [3.63, 3.8) is 0 Å². The van der Waals surface area contributed by atoms with Crippen LogP contribution in [-0.4, -0.2) is 30.3 Å². The van der Waals surface area contributed by atoms with Crippen molar-refractivity contribution in [3.05, 3.63) is 89.2 Å². The van der Waals surface area contributed by atoms with Gasteiger partial charge in [0.05, 0.1) is 11.6 Å². The van der Waals surface area contributed by atoms with Gasteiger partial charge in [-0.05, 0) is 48.0 Å². The molecule has 38 heavy (non-hydrogen) atoms. The minimum absolute atomic E-state index is 0.0715. The summed E-state index contributed by atoms with van der Waals surface area (Å²) in [7, 11) is 0. The first-order chi connectivity index (χ1) is 17.5. The lowest BCUT2D eigenvalue weighted by Gasteiger charge is -2.24. The third kappa shape index (κ3) is 7.99. The molecular weight excluding hydrogens is 540 g/mol. The fourth-order valence-electron chi connectivity index (χ4n) is 3.32. The van der Waals surface area contributed by atoms with Crippen LogP contribution in [0.5, 0.6) is 17.2 Å². The number of benzene rings is 3. The Bertz CT molecular complexity index is 1240. The zero-order chi connectivity index (χ0) is 28.3. The molecule has 0 bridgehead atoms. The van der Waals surface area contributed by atoms with Crippen molar-refractivity contribution in [3.8, 4) is 17.2 Å². The van der Waals surface area contributed by atoms with Crippen LogP contribution in [0.25, 0.3) is 0 Å². The van der Waals surface area contributed by atoms with Crippen molar-refractivity contribution in [1.29, 1.82) is 0 Å². The number of aliphatic hydroxyl groups is 1. The van der Waals surface area contributed by atoms with Crippen molar-refractivity contribution in [2.45, 2.75) is 30.9 Å². The fraction of sp³-hybridized carbons (Fsp3) is 0.250. The van der Waals surface area contributed by atoms with Gasteiger partial charge in [0.15, 0.2) is 6.10 Å². The molecule has 3 aromatic carbocycles. The second-order valence-electron chi connectivity index (χ2n) is 7.83. The molecule has 206 valence electrons. The Morgan fingerprint density at radius 2 is 1.37 bits per heavy atom. The topological polar surface area (TPSA) is 50.7 Å². The van der Waals surface area contributed by atoms with Gasteiger partial charge in [-0.1, -0.05) is 18.2 Å². The van der Waals surface area contributed by atoms with Gasteiger partial charge in [0.25, 0.3) is 0 Å². The number of hydrogen-bond donors (Lipinski definition) is 2. The van der Waals surface area contributed by atoms with E-state index in [0.717, 1.165) is 18.2 Å². The predicted octanol–water partition coefficient (Wildman–Crippen LogP) is 7.14. The van der Waals surface area contributed by atoms with Crippen LogP contribution in [0.4, 0.5) is 43.9 Å². The van der Waals surface area contributed by atoms with Crippen molar-refractivity contribution < 1.29 is 58.5 Å². The molecule has 2 N–H and O–H groups in total. The molecule has 0 aromatic heterocycles. The summed E-state index contributed by atoms with van der Waals surface area (Å²) in [5.41, 5.74) is -2.02. The van der Waals surface area contributed by atoms with Crippen molar-refractivity contribution in [2.24, 2.45) is 0 Å². The van der Waals surface area contributed by atoms with E-state index in [9.17, 15) is 49.0 Å². The Kier molecular flexibility index (Phi) is 8.46. The molecule has 0 aliphatic carbocycles. The molecule has 0 saturated carbocycles. The third-order valence-corrected chi connectivity index (χ3v) is 4.99. The maximum atomic E-state index is 14.6. The Morgan fingerprint density at radius 1 is 0.763 bits per heavy atom. The fourth-order valence-corrected chi connectivity index (χ4v) is 3.32. The summed E-state index contributed by atoms with van der Waals surface area (Å²) in [5.74, 6) is -2.04. The van der Waals surface area contributed by atoms with Crippen molar-refractivity contribution in [2.75, 3.05) is 6.54 Å². The first-order valence-electron chi connectivity index (χ1n) is 10.5. The smallest absolute Gasteiger partial charge is 0.457 e. The molecule has 0 aliphatic heterocycles. The van der Waals surface area contributed by atoms with E-state index < -0.39 is 60.1 Å². The lowest BCUT2D eigenvalue weighted by Crippen LogP contribution is -2.40. The summed E-state index contributed by atoms with van der Waals surface area (Å²) in [6, 6.07) is 9.03. The summed E-state index contributed by atoms with van der Waals surface area (Å²) >= 11 is 0. The molecule has 4 nitrogen and oxygen atoms in total. The van der Waals surface area contributed by atoms with E-state index in [-0.39, 0.29) is 17.1 Å². The van der Waals surface area contributed by atoms with Crippen molar-refractivity contribution >= 4 is 0 Å². The van der Waals surface area contributed by atoms with Crippen LogP contribution >= 0.6 is 0 Å². The van der Waals surface area contributed by atoms with Crippen molar-refractivity contribution in [1.82, 2.24) is 5.32 Å². The highest BCUT2D eigenvalue weighted by atomic mass is 19.4. The van der Waals surface area contributed by atoms with Gasteiger partial charge in [0, 0.05) is 18.2 Å². The molecule has 14 heteroatoms. The lowest BCUT2D eigenvalue weighted by atomic mass is 9.95. The second-order valence-corrected chi connectivity index (χ2v) is 7.83. The monoisotopic (exact) mass is 557 g/mol. The van der Waals surface area contributed by atoms with Crippen LogP contribution in [-0.2, 0) is 6.18 Å². The molecule has 0 fully saturated rings. The van der Waals surface area contributed by atoms with E-state index in [2.05, 4.69) is 10.1 Å². The molecule has 0 saturated heterocycles. The average molecular weight is 557 g/mol. The minimum Gasteiger partial charge on any atom is -0.457 e. The minimum atomic E-state index is -5.07. The van der Waals surface area contributed by atoms with Gasteiger partial charge in [-0.15, -0.1) is 13.2 Å². The Hall–Kier alpha value is -3.52. The van der Waals surface area contributed by atoms with Gasteiger partial charge in [0.2, 0.25) is 0 Å². The van der Waals surface area contributed by atoms with Crippen LogP contribution in [0.1, 0.15) is 22.7 Å². The molecule has 3 aromatic rings. The van der Waals surface area contributed by atoms with E-state index in [0.29, 0.717) is 18.2 Å². The summed E-state index contributed by atoms with van der Waals surface area (Å²) in [6.07, 6.45) is -17.9. The lowest BCUT2D eigenvalue weighted by molar-refractivity contribution is -0.274. The molecular formula is C24H17F10NO3. The quantitative estimate of drug-likeness (QED) is 0.289. The van der Waals surface area contributed by atoms with Gasteiger partial charge >= 0.3 is 18.7 Å². The molecule has 0 amide bonds. The molecule has 2 atom stereocenters. The van der Waals surface area contributed by atoms with E-state index >= 15 is 0 Å². The number of alkyl halides is 9. The Balaban J connectivity index is 1.98. The Labute approximate surface area is 208 Å². The SMILES string of the molecule is OC(CNC(c1cccc(Oc2cccc(OC(F)(F)F)c2)c1)c1cc(C(F)(F)F)ccc1F)C(F)(F)F. The van der Waals surface area contributed by atoms with E-state index in [4.69, 9.17) is 4.74 Å². The molecule has 0 heterocycles. The number of hydrogen-bond acceptors (Lipinski definition) is 4. The first-order valence-corrected chi connectivity index (χ1v) is 10.5. The Morgan fingerprint density at radius 3 is 1.97 bits per heavy atom. The summed E-state index contributed by atoms with van der Waals surface area (Å²) in [5, 5.41) is 11.6. The highest BCUT2D eigenvalue weighted by Crippen LogP contribution is 2.35. The maximum Gasteiger partial charge on any atom is 0.573 e. The normalized spacial score (nSPS) is 14.2. The van der Waals surface area contributed by atoms with Gasteiger partial charge in [-0.2, -0.15) is 26.3 Å². The highest BCUT2D eigenvalue weighted by Gasteiger charge is 2.39. The van der Waals surface area contributed by atoms with E-state index in [1.54, 1.807) is 0 Å². The second kappa shape index (κ2) is 11.1. The molecule has 3 rings (SSSR count).